The van der Waals surface area contributed by atoms with Crippen LogP contribution >= 0.6 is 0 Å². The molecule has 3 rings (SSSR count). The molecule has 0 unspecified atom stereocenters. The molecular weight excluding hydrogens is 324 g/mol. The number of aromatic carboxylic acids is 1. The first-order chi connectivity index (χ1) is 12.6. The molecule has 26 heavy (non-hydrogen) atoms. The molecule has 0 fully saturated rings. The van der Waals surface area contributed by atoms with Gasteiger partial charge in [-0.1, -0.05) is 61.5 Å². The lowest BCUT2D eigenvalue weighted by Crippen LogP contribution is -1.98. The number of rotatable bonds is 5. The zero-order valence-electron chi connectivity index (χ0n) is 14.5. The molecule has 130 valence electrons. The number of hydrogen-bond donors (Lipinski definition) is 2. The summed E-state index contributed by atoms with van der Waals surface area (Å²) < 4.78 is 0. The molecule has 0 atom stereocenters. The minimum atomic E-state index is -0.939. The largest absolute Gasteiger partial charge is 0.508 e. The second-order valence-electron chi connectivity index (χ2n) is 6.00. The van der Waals surface area contributed by atoms with E-state index in [9.17, 15) is 9.90 Å². The molecule has 0 aliphatic carbocycles. The summed E-state index contributed by atoms with van der Waals surface area (Å²) in [5.41, 5.74) is 5.51. The number of aromatic hydroxyl groups is 1. The molecule has 3 heteroatoms. The number of phenols is 1. The molecule has 3 aromatic carbocycles. The van der Waals surface area contributed by atoms with Crippen LogP contribution in [0.2, 0.25) is 0 Å². The van der Waals surface area contributed by atoms with Crippen molar-refractivity contribution < 1.29 is 15.0 Å². The highest BCUT2D eigenvalue weighted by Gasteiger charge is 2.14. The zero-order chi connectivity index (χ0) is 18.5. The van der Waals surface area contributed by atoms with Crippen molar-refractivity contribution in [3.63, 3.8) is 0 Å². The number of allylic oxidation sites excluding steroid dienone is 1. The fourth-order valence-electron chi connectivity index (χ4n) is 3.09. The number of phenolic OH excluding ortho intramolecular Hbond substituents is 1. The van der Waals surface area contributed by atoms with Crippen LogP contribution in [-0.2, 0) is 0 Å². The van der Waals surface area contributed by atoms with Crippen LogP contribution in [0.1, 0.15) is 40.4 Å². The maximum Gasteiger partial charge on any atom is 0.335 e. The second kappa shape index (κ2) is 7.70. The number of carboxylic acids is 1. The summed E-state index contributed by atoms with van der Waals surface area (Å²) >= 11 is 0. The third kappa shape index (κ3) is 3.67. The Labute approximate surface area is 152 Å². The first-order valence-corrected chi connectivity index (χ1v) is 8.52. The summed E-state index contributed by atoms with van der Waals surface area (Å²) in [6.45, 7) is 2.11. The van der Waals surface area contributed by atoms with Crippen molar-refractivity contribution in [3.8, 4) is 5.75 Å². The molecule has 0 saturated carbocycles. The summed E-state index contributed by atoms with van der Waals surface area (Å²) in [7, 11) is 0. The average Bonchev–Trinajstić information content (AvgIpc) is 2.68. The Bertz CT molecular complexity index is 921. The highest BCUT2D eigenvalue weighted by atomic mass is 16.4. The maximum atomic E-state index is 11.2. The lowest BCUT2D eigenvalue weighted by atomic mass is 9.88. The third-order valence-corrected chi connectivity index (χ3v) is 4.35. The number of hydrogen-bond acceptors (Lipinski definition) is 2. The van der Waals surface area contributed by atoms with Gasteiger partial charge in [0.2, 0.25) is 0 Å². The van der Waals surface area contributed by atoms with Crippen LogP contribution in [0, 0.1) is 0 Å². The highest BCUT2D eigenvalue weighted by Crippen LogP contribution is 2.35. The molecule has 2 N–H and O–H groups in total. The Morgan fingerprint density at radius 2 is 1.23 bits per heavy atom. The van der Waals surface area contributed by atoms with Crippen LogP contribution in [0.5, 0.6) is 5.75 Å². The molecule has 0 heterocycles. The standard InChI is InChI=1S/C23H20O3/c1-2-21(16-6-4-3-5-7-16)22(18-12-14-20(24)15-13-18)17-8-10-19(11-9-17)23(25)26/h3-15,24H,2H2,1H3,(H,25,26)/b22-21+. The lowest BCUT2D eigenvalue weighted by molar-refractivity contribution is 0.0697. The minimum Gasteiger partial charge on any atom is -0.508 e. The summed E-state index contributed by atoms with van der Waals surface area (Å²) in [5, 5.41) is 18.8. The second-order valence-corrected chi connectivity index (χ2v) is 6.00. The maximum absolute atomic E-state index is 11.2. The van der Waals surface area contributed by atoms with E-state index in [0.717, 1.165) is 28.7 Å². The van der Waals surface area contributed by atoms with E-state index < -0.39 is 5.97 Å². The first-order valence-electron chi connectivity index (χ1n) is 8.52. The summed E-state index contributed by atoms with van der Waals surface area (Å²) in [6.07, 6.45) is 0.820. The first kappa shape index (κ1) is 17.5. The van der Waals surface area contributed by atoms with Crippen LogP contribution in [0.15, 0.2) is 78.9 Å². The van der Waals surface area contributed by atoms with Gasteiger partial charge < -0.3 is 10.2 Å². The Morgan fingerprint density at radius 1 is 0.731 bits per heavy atom. The SMILES string of the molecule is CC/C(=C(\c1ccc(O)cc1)c1ccc(C(=O)O)cc1)c1ccccc1. The van der Waals surface area contributed by atoms with Crippen molar-refractivity contribution in [3.05, 3.63) is 101 Å². The highest BCUT2D eigenvalue weighted by molar-refractivity contribution is 5.99. The van der Waals surface area contributed by atoms with E-state index in [-0.39, 0.29) is 11.3 Å². The van der Waals surface area contributed by atoms with Crippen molar-refractivity contribution in [2.75, 3.05) is 0 Å². The monoisotopic (exact) mass is 344 g/mol. The van der Waals surface area contributed by atoms with Crippen LogP contribution in [0.25, 0.3) is 11.1 Å². The fraction of sp³-hybridized carbons (Fsp3) is 0.0870. The van der Waals surface area contributed by atoms with Crippen molar-refractivity contribution in [2.45, 2.75) is 13.3 Å². The number of carboxylic acid groups (broad SMARTS) is 1. The molecule has 0 amide bonds. The third-order valence-electron chi connectivity index (χ3n) is 4.35. The van der Waals surface area contributed by atoms with Crippen molar-refractivity contribution in [1.82, 2.24) is 0 Å². The van der Waals surface area contributed by atoms with E-state index in [1.165, 1.54) is 5.57 Å². The Kier molecular flexibility index (Phi) is 5.18. The van der Waals surface area contributed by atoms with E-state index in [1.54, 1.807) is 24.3 Å². The normalized spacial score (nSPS) is 11.7. The molecule has 0 aliphatic rings. The predicted molar refractivity (Wildman–Crippen MR) is 104 cm³/mol. The van der Waals surface area contributed by atoms with Crippen LogP contribution in [0.4, 0.5) is 0 Å². The van der Waals surface area contributed by atoms with Gasteiger partial charge in [0.15, 0.2) is 0 Å². The topological polar surface area (TPSA) is 57.5 Å². The molecule has 3 nitrogen and oxygen atoms in total. The smallest absolute Gasteiger partial charge is 0.335 e. The van der Waals surface area contributed by atoms with Gasteiger partial charge in [-0.15, -0.1) is 0 Å². The predicted octanol–water partition coefficient (Wildman–Crippen LogP) is 5.46. The van der Waals surface area contributed by atoms with E-state index in [4.69, 9.17) is 5.11 Å². The molecule has 0 bridgehead atoms. The van der Waals surface area contributed by atoms with Crippen molar-refractivity contribution in [2.24, 2.45) is 0 Å². The van der Waals surface area contributed by atoms with E-state index in [1.807, 2.05) is 42.5 Å². The lowest BCUT2D eigenvalue weighted by Gasteiger charge is -2.16. The van der Waals surface area contributed by atoms with Gasteiger partial charge in [0.25, 0.3) is 0 Å². The van der Waals surface area contributed by atoms with Gasteiger partial charge in [-0.2, -0.15) is 0 Å². The van der Waals surface area contributed by atoms with Crippen molar-refractivity contribution >= 4 is 17.1 Å². The van der Waals surface area contributed by atoms with E-state index in [0.29, 0.717) is 0 Å². The number of carbonyl (C=O) groups is 1. The van der Waals surface area contributed by atoms with Gasteiger partial charge in [-0.25, -0.2) is 4.79 Å². The quantitative estimate of drug-likeness (QED) is 0.604. The van der Waals surface area contributed by atoms with Crippen LogP contribution < -0.4 is 0 Å². The molecular formula is C23H20O3. The van der Waals surface area contributed by atoms with Gasteiger partial charge in [0.1, 0.15) is 5.75 Å². The minimum absolute atomic E-state index is 0.215. The van der Waals surface area contributed by atoms with Gasteiger partial charge in [0, 0.05) is 0 Å². The molecule has 0 aliphatic heterocycles. The Morgan fingerprint density at radius 3 is 1.73 bits per heavy atom. The molecule has 0 radical (unpaired) electrons. The van der Waals surface area contributed by atoms with Gasteiger partial charge in [0.05, 0.1) is 5.56 Å². The van der Waals surface area contributed by atoms with E-state index in [2.05, 4.69) is 19.1 Å². The Balaban J connectivity index is 2.23. The summed E-state index contributed by atoms with van der Waals surface area (Å²) in [4.78, 5) is 11.2. The van der Waals surface area contributed by atoms with Crippen LogP contribution in [-0.4, -0.2) is 16.2 Å². The van der Waals surface area contributed by atoms with Gasteiger partial charge in [-0.3, -0.25) is 0 Å². The molecule has 0 saturated heterocycles. The van der Waals surface area contributed by atoms with E-state index >= 15 is 0 Å². The van der Waals surface area contributed by atoms with Gasteiger partial charge in [-0.05, 0) is 58.5 Å². The van der Waals surface area contributed by atoms with Crippen LogP contribution in [0.3, 0.4) is 0 Å². The van der Waals surface area contributed by atoms with Crippen molar-refractivity contribution in [1.29, 1.82) is 0 Å². The zero-order valence-corrected chi connectivity index (χ0v) is 14.5. The summed E-state index contributed by atoms with van der Waals surface area (Å²) in [5.74, 6) is -0.724. The molecule has 3 aromatic rings. The average molecular weight is 344 g/mol. The Hall–Kier alpha value is -3.33. The molecule has 0 aromatic heterocycles. The fourth-order valence-corrected chi connectivity index (χ4v) is 3.09. The molecule has 0 spiro atoms. The number of benzene rings is 3. The van der Waals surface area contributed by atoms with Gasteiger partial charge >= 0.3 is 5.97 Å². The summed E-state index contributed by atoms with van der Waals surface area (Å²) in [6, 6.07) is 24.2.